The van der Waals surface area contributed by atoms with Gasteiger partial charge in [-0.25, -0.2) is 0 Å². The van der Waals surface area contributed by atoms with Crippen LogP contribution in [-0.4, -0.2) is 40.8 Å². The Morgan fingerprint density at radius 1 is 1.03 bits per heavy atom. The summed E-state index contributed by atoms with van der Waals surface area (Å²) in [6, 6.07) is 20.1. The van der Waals surface area contributed by atoms with E-state index in [9.17, 15) is 9.59 Å². The van der Waals surface area contributed by atoms with Gasteiger partial charge in [0.2, 0.25) is 0 Å². The Labute approximate surface area is 240 Å². The topological polar surface area (TPSA) is 67.9 Å². The van der Waals surface area contributed by atoms with Gasteiger partial charge in [0.15, 0.2) is 18.1 Å². The summed E-state index contributed by atoms with van der Waals surface area (Å²) in [5.74, 6) is 0.383. The number of amides is 2. The van der Waals surface area contributed by atoms with Crippen LogP contribution in [0.3, 0.4) is 0 Å². The van der Waals surface area contributed by atoms with Crippen LogP contribution in [0.4, 0.5) is 5.69 Å². The molecular weight excluding hydrogens is 563 g/mol. The molecule has 0 radical (unpaired) electrons. The number of hydrogen-bond acceptors (Lipinski definition) is 6. The summed E-state index contributed by atoms with van der Waals surface area (Å²) in [7, 11) is 0. The normalized spacial score (nSPS) is 14.2. The molecule has 1 N–H and O–H groups in total. The van der Waals surface area contributed by atoms with Gasteiger partial charge in [-0.15, -0.1) is 0 Å². The van der Waals surface area contributed by atoms with Crippen LogP contribution in [0.25, 0.3) is 6.08 Å². The van der Waals surface area contributed by atoms with Crippen LogP contribution >= 0.6 is 47.2 Å². The van der Waals surface area contributed by atoms with Gasteiger partial charge < -0.3 is 14.8 Å². The summed E-state index contributed by atoms with van der Waals surface area (Å²) >= 11 is 18.7. The van der Waals surface area contributed by atoms with Gasteiger partial charge >= 0.3 is 0 Å². The number of hydrogen-bond donors (Lipinski definition) is 1. The van der Waals surface area contributed by atoms with Crippen LogP contribution in [-0.2, 0) is 16.0 Å². The van der Waals surface area contributed by atoms with E-state index >= 15 is 0 Å². The maximum Gasteiger partial charge on any atom is 0.266 e. The monoisotopic (exact) mass is 586 g/mol. The standard InChI is InChI=1S/C28H24Cl2N2O4S2/c1-2-35-24-14-19(8-11-23(24)36-17-26(33)31-20-9-10-21(29)22(30)16-20)15-25-27(34)32(28(37)38-25)13-12-18-6-4-3-5-7-18/h3-11,14-16H,2,12-13,17H2,1H3,(H,31,33)/b25-15-. The number of carbonyl (C=O) groups excluding carboxylic acids is 2. The predicted octanol–water partition coefficient (Wildman–Crippen LogP) is 6.85. The molecule has 0 saturated carbocycles. The summed E-state index contributed by atoms with van der Waals surface area (Å²) in [5, 5.41) is 3.45. The fraction of sp³-hybridized carbons (Fsp3) is 0.179. The first kappa shape index (κ1) is 28.0. The van der Waals surface area contributed by atoms with E-state index in [1.54, 1.807) is 47.4 Å². The molecule has 0 aliphatic carbocycles. The van der Waals surface area contributed by atoms with Crippen molar-refractivity contribution in [1.29, 1.82) is 0 Å². The largest absolute Gasteiger partial charge is 0.490 e. The summed E-state index contributed by atoms with van der Waals surface area (Å²) in [4.78, 5) is 27.6. The number of thiocarbonyl (C=S) groups is 1. The van der Waals surface area contributed by atoms with Crippen LogP contribution in [0, 0.1) is 0 Å². The Hall–Kier alpha value is -3.04. The highest BCUT2D eigenvalue weighted by molar-refractivity contribution is 8.26. The molecule has 1 aliphatic heterocycles. The van der Waals surface area contributed by atoms with Crippen molar-refractivity contribution >= 4 is 75.1 Å². The first-order valence-electron chi connectivity index (χ1n) is 11.8. The molecule has 4 rings (SSSR count). The maximum atomic E-state index is 13.0. The van der Waals surface area contributed by atoms with Crippen molar-refractivity contribution in [2.24, 2.45) is 0 Å². The van der Waals surface area contributed by atoms with Crippen LogP contribution in [0.2, 0.25) is 10.0 Å². The third kappa shape index (κ3) is 7.29. The highest BCUT2D eigenvalue weighted by atomic mass is 35.5. The summed E-state index contributed by atoms with van der Waals surface area (Å²) in [6.07, 6.45) is 2.50. The summed E-state index contributed by atoms with van der Waals surface area (Å²) < 4.78 is 12.0. The number of nitrogens with one attached hydrogen (secondary N) is 1. The highest BCUT2D eigenvalue weighted by Gasteiger charge is 2.31. The highest BCUT2D eigenvalue weighted by Crippen LogP contribution is 2.35. The molecule has 3 aromatic carbocycles. The van der Waals surface area contributed by atoms with E-state index in [4.69, 9.17) is 44.9 Å². The van der Waals surface area contributed by atoms with Gasteiger partial charge in [0, 0.05) is 12.2 Å². The number of nitrogens with zero attached hydrogens (tertiary/aromatic N) is 1. The Balaban J connectivity index is 1.40. The van der Waals surface area contributed by atoms with Crippen molar-refractivity contribution in [3.05, 3.63) is 92.8 Å². The first-order valence-corrected chi connectivity index (χ1v) is 13.8. The fourth-order valence-corrected chi connectivity index (χ4v) is 5.25. The third-order valence-corrected chi connectivity index (χ3v) is 7.58. The van der Waals surface area contributed by atoms with Crippen molar-refractivity contribution in [2.75, 3.05) is 25.1 Å². The molecule has 3 aromatic rings. The molecule has 1 heterocycles. The fourth-order valence-electron chi connectivity index (χ4n) is 3.65. The molecule has 38 heavy (non-hydrogen) atoms. The molecule has 2 amide bonds. The quantitative estimate of drug-likeness (QED) is 0.207. The van der Waals surface area contributed by atoms with Gasteiger partial charge in [-0.3, -0.25) is 14.5 Å². The van der Waals surface area contributed by atoms with Crippen molar-refractivity contribution in [2.45, 2.75) is 13.3 Å². The molecule has 1 fully saturated rings. The zero-order valence-electron chi connectivity index (χ0n) is 20.4. The molecule has 0 aromatic heterocycles. The lowest BCUT2D eigenvalue weighted by Gasteiger charge is -2.14. The van der Waals surface area contributed by atoms with Gasteiger partial charge in [0.05, 0.1) is 21.6 Å². The third-order valence-electron chi connectivity index (χ3n) is 5.47. The molecule has 0 atom stereocenters. The number of rotatable bonds is 10. The molecule has 0 bridgehead atoms. The molecule has 196 valence electrons. The van der Waals surface area contributed by atoms with Crippen molar-refractivity contribution < 1.29 is 19.1 Å². The van der Waals surface area contributed by atoms with Crippen LogP contribution in [0.5, 0.6) is 11.5 Å². The molecule has 1 aliphatic rings. The van der Waals surface area contributed by atoms with E-state index < -0.39 is 0 Å². The minimum atomic E-state index is -0.367. The lowest BCUT2D eigenvalue weighted by molar-refractivity contribution is -0.122. The molecular formula is C28H24Cl2N2O4S2. The predicted molar refractivity (Wildman–Crippen MR) is 158 cm³/mol. The van der Waals surface area contributed by atoms with Crippen LogP contribution < -0.4 is 14.8 Å². The van der Waals surface area contributed by atoms with Gasteiger partial charge in [-0.1, -0.05) is 83.6 Å². The zero-order valence-corrected chi connectivity index (χ0v) is 23.6. The average Bonchev–Trinajstić information content (AvgIpc) is 3.17. The van der Waals surface area contributed by atoms with Gasteiger partial charge in [-0.05, 0) is 60.9 Å². The minimum absolute atomic E-state index is 0.117. The number of halogens is 2. The van der Waals surface area contributed by atoms with E-state index in [1.807, 2.05) is 37.3 Å². The lowest BCUT2D eigenvalue weighted by atomic mass is 10.1. The molecule has 10 heteroatoms. The molecule has 0 spiro atoms. The number of anilines is 1. The second-order valence-corrected chi connectivity index (χ2v) is 10.7. The summed E-state index contributed by atoms with van der Waals surface area (Å²) in [5.41, 5.74) is 2.41. The lowest BCUT2D eigenvalue weighted by Crippen LogP contribution is -2.30. The van der Waals surface area contributed by atoms with E-state index in [0.717, 1.165) is 17.5 Å². The van der Waals surface area contributed by atoms with E-state index in [0.29, 0.717) is 49.6 Å². The van der Waals surface area contributed by atoms with Gasteiger partial charge in [0.1, 0.15) is 4.32 Å². The number of thioether (sulfide) groups is 1. The number of carbonyl (C=O) groups is 2. The molecule has 6 nitrogen and oxygen atoms in total. The Morgan fingerprint density at radius 3 is 2.55 bits per heavy atom. The second-order valence-electron chi connectivity index (χ2n) is 8.17. The van der Waals surface area contributed by atoms with Gasteiger partial charge in [-0.2, -0.15) is 0 Å². The van der Waals surface area contributed by atoms with Crippen LogP contribution in [0.15, 0.2) is 71.6 Å². The summed E-state index contributed by atoms with van der Waals surface area (Å²) in [6.45, 7) is 2.54. The maximum absolute atomic E-state index is 13.0. The zero-order chi connectivity index (χ0) is 27.1. The van der Waals surface area contributed by atoms with Crippen molar-refractivity contribution in [3.63, 3.8) is 0 Å². The Bertz CT molecular complexity index is 1380. The van der Waals surface area contributed by atoms with Gasteiger partial charge in [0.25, 0.3) is 11.8 Å². The molecule has 1 saturated heterocycles. The average molecular weight is 588 g/mol. The Morgan fingerprint density at radius 2 is 1.82 bits per heavy atom. The van der Waals surface area contributed by atoms with E-state index in [-0.39, 0.29) is 18.4 Å². The van der Waals surface area contributed by atoms with Crippen molar-refractivity contribution in [3.8, 4) is 11.5 Å². The van der Waals surface area contributed by atoms with E-state index in [1.165, 1.54) is 11.8 Å². The SMILES string of the molecule is CCOc1cc(/C=C2\SC(=S)N(CCc3ccccc3)C2=O)ccc1OCC(=O)Nc1ccc(Cl)c(Cl)c1. The smallest absolute Gasteiger partial charge is 0.266 e. The van der Waals surface area contributed by atoms with E-state index in [2.05, 4.69) is 5.32 Å². The second kappa shape index (κ2) is 13.2. The van der Waals surface area contributed by atoms with Crippen LogP contribution in [0.1, 0.15) is 18.1 Å². The van der Waals surface area contributed by atoms with Crippen molar-refractivity contribution in [1.82, 2.24) is 4.90 Å². The first-order chi connectivity index (χ1) is 18.3. The minimum Gasteiger partial charge on any atom is -0.490 e. The number of ether oxygens (including phenoxy) is 2. The number of benzene rings is 3. The molecule has 0 unspecified atom stereocenters. The Kier molecular flexibility index (Phi) is 9.69.